The van der Waals surface area contributed by atoms with Gasteiger partial charge in [-0.1, -0.05) is 22.9 Å². The molecule has 1 N–H and O–H groups in total. The lowest BCUT2D eigenvalue weighted by molar-refractivity contribution is -0.124. The Morgan fingerprint density at radius 2 is 2.12 bits per heavy atom. The van der Waals surface area contributed by atoms with E-state index in [1.165, 1.54) is 30.7 Å². The lowest BCUT2D eigenvalue weighted by atomic mass is 10.2. The molecule has 3 rings (SSSR count). The number of benzene rings is 2. The fourth-order valence-corrected chi connectivity index (χ4v) is 2.64. The summed E-state index contributed by atoms with van der Waals surface area (Å²) in [7, 11) is 0. The van der Waals surface area contributed by atoms with Crippen molar-refractivity contribution >= 4 is 44.6 Å². The van der Waals surface area contributed by atoms with Gasteiger partial charge in [0, 0.05) is 4.47 Å². The highest BCUT2D eigenvalue weighted by Gasteiger charge is 2.23. The molecule has 0 aliphatic carbocycles. The number of hydrogen-bond donors (Lipinski definition) is 1. The van der Waals surface area contributed by atoms with Crippen LogP contribution in [0.2, 0.25) is 0 Å². The highest BCUT2D eigenvalue weighted by molar-refractivity contribution is 9.10. The van der Waals surface area contributed by atoms with Gasteiger partial charge in [0.25, 0.3) is 5.91 Å². The van der Waals surface area contributed by atoms with Crippen LogP contribution in [0, 0.1) is 5.82 Å². The number of carbonyl (C=O) groups excluding carboxylic acids is 2. The van der Waals surface area contributed by atoms with Gasteiger partial charge in [-0.15, -0.1) is 0 Å². The van der Waals surface area contributed by atoms with Crippen molar-refractivity contribution in [2.75, 3.05) is 5.32 Å². The summed E-state index contributed by atoms with van der Waals surface area (Å²) in [6.07, 6.45) is 0.454. The summed E-state index contributed by atoms with van der Waals surface area (Å²) < 4.78 is 24.8. The van der Waals surface area contributed by atoms with E-state index in [0.717, 1.165) is 0 Å². The van der Waals surface area contributed by atoms with Crippen molar-refractivity contribution < 1.29 is 23.1 Å². The zero-order chi connectivity index (χ0) is 18.7. The Hall–Kier alpha value is -2.74. The predicted octanol–water partition coefficient (Wildman–Crippen LogP) is 4.30. The molecule has 134 valence electrons. The number of nitrogens with one attached hydrogen (secondary N) is 1. The number of ether oxygens (including phenoxy) is 1. The number of rotatable bonds is 5. The first-order valence-electron chi connectivity index (χ1n) is 7.78. The maximum absolute atomic E-state index is 13.9. The van der Waals surface area contributed by atoms with Crippen LogP contribution in [0.5, 0.6) is 0 Å². The highest BCUT2D eigenvalue weighted by atomic mass is 79.9. The van der Waals surface area contributed by atoms with Gasteiger partial charge < -0.3 is 14.5 Å². The van der Waals surface area contributed by atoms with E-state index in [4.69, 9.17) is 9.15 Å². The summed E-state index contributed by atoms with van der Waals surface area (Å²) in [5, 5.41) is 2.43. The molecule has 0 radical (unpaired) electrons. The van der Waals surface area contributed by atoms with Crippen molar-refractivity contribution in [3.63, 3.8) is 0 Å². The molecule has 0 saturated heterocycles. The van der Waals surface area contributed by atoms with E-state index >= 15 is 0 Å². The number of halogens is 2. The van der Waals surface area contributed by atoms with Crippen LogP contribution in [-0.4, -0.2) is 23.0 Å². The second-order valence-corrected chi connectivity index (χ2v) is 6.37. The van der Waals surface area contributed by atoms with Crippen molar-refractivity contribution in [1.29, 1.82) is 0 Å². The van der Waals surface area contributed by atoms with Crippen LogP contribution in [0.15, 0.2) is 51.7 Å². The molecule has 0 spiro atoms. The minimum atomic E-state index is -1.06. The predicted molar refractivity (Wildman–Crippen MR) is 96.2 cm³/mol. The van der Waals surface area contributed by atoms with Gasteiger partial charge in [0.15, 0.2) is 18.1 Å². The van der Waals surface area contributed by atoms with Gasteiger partial charge in [0.2, 0.25) is 0 Å². The molecule has 26 heavy (non-hydrogen) atoms. The molecule has 6 nitrogen and oxygen atoms in total. The van der Waals surface area contributed by atoms with E-state index in [1.807, 2.05) is 0 Å². The van der Waals surface area contributed by atoms with E-state index in [1.54, 1.807) is 19.1 Å². The Morgan fingerprint density at radius 1 is 1.31 bits per heavy atom. The highest BCUT2D eigenvalue weighted by Crippen LogP contribution is 2.20. The van der Waals surface area contributed by atoms with Crippen molar-refractivity contribution in [2.24, 2.45) is 0 Å². The first-order chi connectivity index (χ1) is 12.5. The molecule has 0 aliphatic heterocycles. The molecule has 1 amide bonds. The first-order valence-corrected chi connectivity index (χ1v) is 8.57. The molecule has 1 aromatic heterocycles. The molecule has 0 bridgehead atoms. The SMILES string of the molecule is CCC(OC(=O)c1ccc2ocnc2c1)C(=O)Nc1ccc(Br)cc1F. The number of amides is 1. The van der Waals surface area contributed by atoms with Crippen LogP contribution < -0.4 is 5.32 Å². The van der Waals surface area contributed by atoms with E-state index in [2.05, 4.69) is 26.2 Å². The minimum Gasteiger partial charge on any atom is -0.449 e. The number of aromatic nitrogens is 1. The van der Waals surface area contributed by atoms with Gasteiger partial charge in [0.05, 0.1) is 11.3 Å². The lowest BCUT2D eigenvalue weighted by Crippen LogP contribution is -2.32. The zero-order valence-corrected chi connectivity index (χ0v) is 15.2. The number of nitrogens with zero attached hydrogens (tertiary/aromatic N) is 1. The van der Waals surface area contributed by atoms with Crippen LogP contribution in [0.1, 0.15) is 23.7 Å². The smallest absolute Gasteiger partial charge is 0.338 e. The van der Waals surface area contributed by atoms with Crippen LogP contribution in [0.3, 0.4) is 0 Å². The summed E-state index contributed by atoms with van der Waals surface area (Å²) in [5.74, 6) is -1.87. The molecule has 1 atom stereocenters. The maximum atomic E-state index is 13.9. The van der Waals surface area contributed by atoms with Gasteiger partial charge in [-0.25, -0.2) is 14.2 Å². The number of fused-ring (bicyclic) bond motifs is 1. The third kappa shape index (κ3) is 3.91. The molecule has 1 unspecified atom stereocenters. The van der Waals surface area contributed by atoms with Crippen LogP contribution in [-0.2, 0) is 9.53 Å². The Labute approximate surface area is 156 Å². The van der Waals surface area contributed by atoms with Crippen molar-refractivity contribution in [1.82, 2.24) is 4.98 Å². The average Bonchev–Trinajstić information content (AvgIpc) is 3.09. The molecule has 0 saturated carbocycles. The monoisotopic (exact) mass is 420 g/mol. The lowest BCUT2D eigenvalue weighted by Gasteiger charge is -2.16. The number of anilines is 1. The second-order valence-electron chi connectivity index (χ2n) is 5.45. The van der Waals surface area contributed by atoms with Gasteiger partial charge in [-0.2, -0.15) is 0 Å². The summed E-state index contributed by atoms with van der Waals surface area (Å²) in [4.78, 5) is 28.6. The van der Waals surface area contributed by atoms with Crippen LogP contribution in [0.4, 0.5) is 10.1 Å². The van der Waals surface area contributed by atoms with Gasteiger partial charge >= 0.3 is 5.97 Å². The Kier molecular flexibility index (Phi) is 5.32. The third-order valence-electron chi connectivity index (χ3n) is 3.67. The zero-order valence-electron chi connectivity index (χ0n) is 13.7. The van der Waals surface area contributed by atoms with Crippen molar-refractivity contribution in [3.05, 3.63) is 58.6 Å². The van der Waals surface area contributed by atoms with Gasteiger partial charge in [-0.05, 0) is 42.8 Å². The summed E-state index contributed by atoms with van der Waals surface area (Å²) >= 11 is 3.14. The molecule has 1 heterocycles. The second kappa shape index (κ2) is 7.65. The maximum Gasteiger partial charge on any atom is 0.338 e. The number of carbonyl (C=O) groups is 2. The molecule has 8 heteroatoms. The van der Waals surface area contributed by atoms with E-state index in [0.29, 0.717) is 15.6 Å². The van der Waals surface area contributed by atoms with Crippen molar-refractivity contribution in [3.8, 4) is 0 Å². The molecule has 3 aromatic rings. The largest absolute Gasteiger partial charge is 0.449 e. The Balaban J connectivity index is 1.71. The third-order valence-corrected chi connectivity index (χ3v) is 4.16. The molecule has 2 aromatic carbocycles. The molecular formula is C18H14BrFN2O4. The molecular weight excluding hydrogens is 407 g/mol. The Morgan fingerprint density at radius 3 is 2.85 bits per heavy atom. The molecule has 0 fully saturated rings. The van der Waals surface area contributed by atoms with E-state index in [-0.39, 0.29) is 17.7 Å². The first kappa shape index (κ1) is 18.1. The normalized spacial score (nSPS) is 12.0. The topological polar surface area (TPSA) is 81.4 Å². The van der Waals surface area contributed by atoms with E-state index in [9.17, 15) is 14.0 Å². The fourth-order valence-electron chi connectivity index (χ4n) is 2.31. The average molecular weight is 421 g/mol. The quantitative estimate of drug-likeness (QED) is 0.622. The van der Waals surface area contributed by atoms with Crippen LogP contribution in [0.25, 0.3) is 11.1 Å². The molecule has 0 aliphatic rings. The summed E-state index contributed by atoms with van der Waals surface area (Å²) in [6, 6.07) is 8.88. The van der Waals surface area contributed by atoms with E-state index < -0.39 is 23.8 Å². The number of oxazole rings is 1. The van der Waals surface area contributed by atoms with Crippen molar-refractivity contribution in [2.45, 2.75) is 19.4 Å². The Bertz CT molecular complexity index is 973. The van der Waals surface area contributed by atoms with Crippen LogP contribution >= 0.6 is 15.9 Å². The standard InChI is InChI=1S/C18H14BrFN2O4/c1-2-15(17(23)22-13-5-4-11(19)8-12(13)20)26-18(24)10-3-6-16-14(7-10)21-9-25-16/h3-9,15H,2H2,1H3,(H,22,23). The van der Waals surface area contributed by atoms with Gasteiger partial charge in [0.1, 0.15) is 11.3 Å². The number of hydrogen-bond acceptors (Lipinski definition) is 5. The summed E-state index contributed by atoms with van der Waals surface area (Å²) in [5.41, 5.74) is 1.30. The van der Waals surface area contributed by atoms with Gasteiger partial charge in [-0.3, -0.25) is 4.79 Å². The fraction of sp³-hybridized carbons (Fsp3) is 0.167. The number of esters is 1. The summed E-state index contributed by atoms with van der Waals surface area (Å²) in [6.45, 7) is 1.69. The minimum absolute atomic E-state index is 0.0108.